The third-order valence-electron chi connectivity index (χ3n) is 12.7. The summed E-state index contributed by atoms with van der Waals surface area (Å²) >= 11 is 0. The zero-order valence-corrected chi connectivity index (χ0v) is 41.5. The van der Waals surface area contributed by atoms with Gasteiger partial charge in [-0.25, -0.2) is 4.98 Å². The maximum atomic E-state index is 9.17. The average molecular weight is 1120 g/mol. The minimum absolute atomic E-state index is 0. The predicted molar refractivity (Wildman–Crippen MR) is 291 cm³/mol. The van der Waals surface area contributed by atoms with Crippen molar-refractivity contribution in [3.8, 4) is 34.1 Å². The van der Waals surface area contributed by atoms with Crippen molar-refractivity contribution >= 4 is 66.4 Å². The monoisotopic (exact) mass is 1120 g/mol. The van der Waals surface area contributed by atoms with Gasteiger partial charge in [0.05, 0.1) is 28.9 Å². The number of benzene rings is 8. The van der Waals surface area contributed by atoms with E-state index in [4.69, 9.17) is 35.8 Å². The van der Waals surface area contributed by atoms with Crippen molar-refractivity contribution in [2.24, 2.45) is 0 Å². The Morgan fingerprint density at radius 1 is 0.577 bits per heavy atom. The first-order chi connectivity index (χ1) is 41.6. The first kappa shape index (κ1) is 29.1. The van der Waals surface area contributed by atoms with Gasteiger partial charge in [-0.3, -0.25) is 0 Å². The molecule has 3 aromatic heterocycles. The number of para-hydroxylation sites is 3. The molecule has 0 saturated heterocycles. The van der Waals surface area contributed by atoms with E-state index < -0.39 is 97.8 Å². The molecule has 1 aliphatic heterocycles. The van der Waals surface area contributed by atoms with Crippen molar-refractivity contribution in [2.75, 3.05) is 9.80 Å². The van der Waals surface area contributed by atoms with Crippen LogP contribution in [0, 0.1) is 32.5 Å². The molecule has 0 aliphatic carbocycles. The van der Waals surface area contributed by atoms with E-state index in [1.54, 1.807) is 59.2 Å². The van der Waals surface area contributed by atoms with E-state index in [-0.39, 0.29) is 98.9 Å². The summed E-state index contributed by atoms with van der Waals surface area (Å²) in [6.45, 7) is 9.17. The minimum Gasteiger partial charge on any atom is -0.509 e. The van der Waals surface area contributed by atoms with Crippen LogP contribution in [-0.4, -0.2) is 14.1 Å². The second kappa shape index (κ2) is 17.5. The van der Waals surface area contributed by atoms with Gasteiger partial charge in [0.2, 0.25) is 0 Å². The predicted octanol–water partition coefficient (Wildman–Crippen LogP) is 17.0. The number of rotatable bonds is 7. The number of nitrogens with zero attached hydrogens (tertiary/aromatic N) is 5. The molecule has 11 aromatic rings. The van der Waals surface area contributed by atoms with Gasteiger partial charge < -0.3 is 23.7 Å². The molecule has 0 bridgehead atoms. The van der Waals surface area contributed by atoms with Gasteiger partial charge in [-0.15, -0.1) is 48.1 Å². The molecular formula is C64H54N5OPt-3. The Labute approximate surface area is 457 Å². The molecule has 0 unspecified atom stereocenters. The summed E-state index contributed by atoms with van der Waals surface area (Å²) in [4.78, 5) is 8.47. The van der Waals surface area contributed by atoms with Crippen molar-refractivity contribution in [2.45, 2.75) is 66.1 Å². The Morgan fingerprint density at radius 3 is 1.96 bits per heavy atom. The molecule has 0 fully saturated rings. The van der Waals surface area contributed by atoms with Crippen LogP contribution in [0.5, 0.6) is 11.5 Å². The van der Waals surface area contributed by atoms with Crippen LogP contribution in [0.15, 0.2) is 176 Å². The van der Waals surface area contributed by atoms with Crippen LogP contribution in [0.25, 0.3) is 66.2 Å². The summed E-state index contributed by atoms with van der Waals surface area (Å²) in [5, 5.41) is 0.621. The molecule has 0 radical (unpaired) electrons. The van der Waals surface area contributed by atoms with Gasteiger partial charge in [0.15, 0.2) is 0 Å². The summed E-state index contributed by atoms with van der Waals surface area (Å²) in [5.74, 6) is 0.315. The number of fused-ring (bicyclic) bond motifs is 7. The van der Waals surface area contributed by atoms with Crippen LogP contribution in [0.3, 0.4) is 0 Å². The second-order valence-corrected chi connectivity index (χ2v) is 19.3. The van der Waals surface area contributed by atoms with Crippen LogP contribution >= 0.6 is 0 Å². The smallest absolute Gasteiger partial charge is 0.135 e. The largest absolute Gasteiger partial charge is 0.509 e. The number of hydrogen-bond donors (Lipinski definition) is 0. The van der Waals surface area contributed by atoms with Crippen molar-refractivity contribution in [1.82, 2.24) is 14.1 Å². The van der Waals surface area contributed by atoms with Gasteiger partial charge in [0.25, 0.3) is 0 Å². The first-order valence-corrected chi connectivity index (χ1v) is 22.6. The molecule has 6 nitrogen and oxygen atoms in total. The topological polar surface area (TPSA) is 38.5 Å². The fourth-order valence-corrected chi connectivity index (χ4v) is 9.15. The van der Waals surface area contributed by atoms with E-state index in [0.29, 0.717) is 33.4 Å². The van der Waals surface area contributed by atoms with Crippen LogP contribution in [0.4, 0.5) is 22.7 Å². The zero-order chi connectivity index (χ0) is 64.4. The molecule has 0 amide bonds. The molecule has 12 rings (SSSR count). The van der Waals surface area contributed by atoms with Crippen molar-refractivity contribution in [3.05, 3.63) is 217 Å². The fraction of sp³-hybridized carbons (Fsp3) is 0.156. The van der Waals surface area contributed by atoms with E-state index >= 15 is 0 Å². The van der Waals surface area contributed by atoms with E-state index in [9.17, 15) is 0 Å². The van der Waals surface area contributed by atoms with Crippen LogP contribution in [0.1, 0.15) is 89.8 Å². The first-order valence-electron chi connectivity index (χ1n) is 32.1. The van der Waals surface area contributed by atoms with Crippen LogP contribution in [-0.2, 0) is 31.9 Å². The Kier molecular flexibility index (Phi) is 7.15. The molecule has 7 heteroatoms. The number of aromatic nitrogens is 3. The minimum atomic E-state index is -2.96. The maximum absolute atomic E-state index is 9.17. The number of anilines is 4. The number of aryl methyl sites for hydroxylation is 2. The maximum Gasteiger partial charge on any atom is 0.135 e. The Morgan fingerprint density at radius 2 is 1.25 bits per heavy atom. The van der Waals surface area contributed by atoms with E-state index in [0.717, 1.165) is 23.0 Å². The summed E-state index contributed by atoms with van der Waals surface area (Å²) in [6, 6.07) is 25.2. The Balaban J connectivity index is 0.00000833. The third kappa shape index (κ3) is 7.99. The van der Waals surface area contributed by atoms with Gasteiger partial charge in [0.1, 0.15) is 5.82 Å². The van der Waals surface area contributed by atoms with Crippen molar-refractivity contribution in [3.63, 3.8) is 0 Å². The molecule has 71 heavy (non-hydrogen) atoms. The van der Waals surface area contributed by atoms with Gasteiger partial charge in [-0.05, 0) is 112 Å². The quantitative estimate of drug-likeness (QED) is 0.149. The fourth-order valence-electron chi connectivity index (χ4n) is 9.15. The summed E-state index contributed by atoms with van der Waals surface area (Å²) in [5.41, 5.74) is 3.65. The van der Waals surface area contributed by atoms with Crippen LogP contribution < -0.4 is 14.5 Å². The van der Waals surface area contributed by atoms with E-state index in [1.165, 1.54) is 10.6 Å². The van der Waals surface area contributed by atoms with Gasteiger partial charge in [0, 0.05) is 91.6 Å². The molecule has 4 heterocycles. The van der Waals surface area contributed by atoms with Gasteiger partial charge in [-0.1, -0.05) is 132 Å². The molecule has 0 saturated carbocycles. The van der Waals surface area contributed by atoms with Crippen molar-refractivity contribution in [1.29, 1.82) is 0 Å². The van der Waals surface area contributed by atoms with Crippen molar-refractivity contribution < 1.29 is 51.8 Å². The Hall–Kier alpha value is -7.40. The number of ether oxygens (including phenoxy) is 1. The standard InChI is InChI=1S/C64H54N5O.Pt/c1-41-18-16-27-59-62(41)67(48-34-44(63(3,4)5)33-45(35-48)64(6,7)8)40-66(59)46-21-17-22-49(36-46)70-50-29-30-53-54-37-47(68-56-25-14-12-23-51(56)52-24-13-15-26-57(52)68)28-31-58(54)69(60(53)38-50)61-32-42(2)55(39-65-61)43-19-10-9-11-20-43;/h9-35,37,39-40H,1-8H3;/q-3;/i1D3,2D3,9D,10D,11D,12D,13D,14D,15D,19D,20D,23D,24D,25D,26D;. The zero-order valence-electron chi connectivity index (χ0n) is 58.3. The molecule has 8 aromatic carbocycles. The normalized spacial score (nSPS) is 17.0. The summed E-state index contributed by atoms with van der Waals surface area (Å²) in [7, 11) is 0. The second-order valence-electron chi connectivity index (χ2n) is 19.3. The number of pyridine rings is 1. The van der Waals surface area contributed by atoms with E-state index in [2.05, 4.69) is 71.9 Å². The summed E-state index contributed by atoms with van der Waals surface area (Å²) in [6.07, 6.45) is 1.14. The van der Waals surface area contributed by atoms with Crippen LogP contribution in [0.2, 0.25) is 0 Å². The summed E-state index contributed by atoms with van der Waals surface area (Å²) < 4.78 is 175. The third-order valence-corrected chi connectivity index (χ3v) is 12.7. The van der Waals surface area contributed by atoms with Gasteiger partial charge in [-0.2, -0.15) is 12.1 Å². The van der Waals surface area contributed by atoms with E-state index in [1.807, 2.05) is 28.6 Å². The molecule has 1 aliphatic rings. The Bertz CT molecular complexity index is 4730. The molecule has 354 valence electrons. The number of hydrogen-bond acceptors (Lipinski definition) is 4. The average Bonchev–Trinajstić information content (AvgIpc) is 1.54. The molecule has 0 spiro atoms. The molecule has 0 atom stereocenters. The SMILES string of the molecule is [2H]c1c([2H])c([2H])c(-c2cnc(-n3c4[c-]c(Oc5[c-]c(N6[CH-]N(c7cc(C(C)(C)C)cc(C(C)(C)C)c7)c7c6cccc7C([2H])([2H])[2H])ccc5)ccc4c4cc(-n5c6c([2H])c([2H])c([2H])c([2H])c6c6c([2H])c([2H])c([2H])c([2H])c65)ccc43)cc2C([2H])([2H])[2H])c([2H])c1[2H].[Pt]. The van der Waals surface area contributed by atoms with Gasteiger partial charge >= 0.3 is 0 Å². The molecular weight excluding hydrogens is 1050 g/mol. The molecule has 0 N–H and O–H groups in total.